The second-order valence-corrected chi connectivity index (χ2v) is 5.88. The Morgan fingerprint density at radius 3 is 2.06 bits per heavy atom. The molecule has 0 aromatic rings. The molecule has 0 radical (unpaired) electrons. The normalized spacial score (nSPS) is 29.3. The van der Waals surface area contributed by atoms with Crippen LogP contribution in [-0.2, 0) is 9.47 Å². The van der Waals surface area contributed by atoms with E-state index in [-0.39, 0.29) is 10.8 Å². The highest BCUT2D eigenvalue weighted by Crippen LogP contribution is 2.40. The van der Waals surface area contributed by atoms with E-state index in [1.165, 1.54) is 0 Å². The van der Waals surface area contributed by atoms with Gasteiger partial charge < -0.3 is 14.8 Å². The highest BCUT2D eigenvalue weighted by Gasteiger charge is 2.52. The van der Waals surface area contributed by atoms with Gasteiger partial charge in [-0.05, 0) is 5.41 Å². The van der Waals surface area contributed by atoms with Crippen molar-refractivity contribution in [3.05, 3.63) is 0 Å². The molecule has 1 saturated heterocycles. The molecule has 0 aromatic carbocycles. The topological polar surface area (TPSA) is 30.5 Å². The van der Waals surface area contributed by atoms with Crippen LogP contribution in [0.3, 0.4) is 0 Å². The number of ether oxygens (including phenoxy) is 2. The quantitative estimate of drug-likeness (QED) is 0.622. The minimum absolute atomic E-state index is 0.131. The molecule has 0 saturated carbocycles. The molecule has 3 heteroatoms. The van der Waals surface area contributed by atoms with E-state index in [1.54, 1.807) is 0 Å². The molecule has 1 spiro atoms. The molecule has 1 unspecified atom stereocenters. The molecule has 16 heavy (non-hydrogen) atoms. The number of rotatable bonds is 0. The monoisotopic (exact) mass is 223 g/mol. The summed E-state index contributed by atoms with van der Waals surface area (Å²) >= 11 is 0. The number of hydrogen-bond donors (Lipinski definition) is 1. The lowest BCUT2D eigenvalue weighted by atomic mass is 9.64. The Kier molecular flexibility index (Phi) is 3.25. The Balaban J connectivity index is 2.05. The maximum absolute atomic E-state index is 5.64. The fourth-order valence-electron chi connectivity index (χ4n) is 2.74. The third-order valence-electron chi connectivity index (χ3n) is 3.39. The van der Waals surface area contributed by atoms with E-state index in [2.05, 4.69) is 37.9 Å². The van der Waals surface area contributed by atoms with Crippen LogP contribution in [0.5, 0.6) is 0 Å². The predicted molar refractivity (Wildman–Crippen MR) is 63.1 cm³/mol. The molecule has 2 heterocycles. The van der Waals surface area contributed by atoms with Crippen LogP contribution < -0.4 is 5.32 Å². The average molecular weight is 223 g/mol. The molecular weight excluding hydrogens is 202 g/mol. The van der Waals surface area contributed by atoms with Crippen LogP contribution >= 0.6 is 0 Å². The maximum Gasteiger partial charge on any atom is 0.107 e. The van der Waals surface area contributed by atoms with Gasteiger partial charge in [-0.1, -0.05) is 32.6 Å². The Labute approximate surface area is 97.9 Å². The molecule has 0 amide bonds. The summed E-state index contributed by atoms with van der Waals surface area (Å²) < 4.78 is 11.3. The van der Waals surface area contributed by atoms with E-state index in [0.717, 1.165) is 19.8 Å². The van der Waals surface area contributed by atoms with E-state index in [0.29, 0.717) is 19.3 Å². The summed E-state index contributed by atoms with van der Waals surface area (Å²) in [6, 6.07) is 0.457. The summed E-state index contributed by atoms with van der Waals surface area (Å²) in [5.74, 6) is 5.90. The summed E-state index contributed by atoms with van der Waals surface area (Å²) in [6.07, 6.45) is 0. The van der Waals surface area contributed by atoms with E-state index < -0.39 is 0 Å². The van der Waals surface area contributed by atoms with Crippen LogP contribution in [0.2, 0.25) is 0 Å². The van der Waals surface area contributed by atoms with Gasteiger partial charge in [-0.2, -0.15) is 0 Å². The third kappa shape index (κ3) is 2.24. The van der Waals surface area contributed by atoms with Gasteiger partial charge >= 0.3 is 0 Å². The Morgan fingerprint density at radius 1 is 1.12 bits per heavy atom. The molecule has 0 aromatic heterocycles. The van der Waals surface area contributed by atoms with Gasteiger partial charge in [0.25, 0.3) is 0 Å². The maximum atomic E-state index is 5.64. The Bertz CT molecular complexity index is 294. The first-order valence-corrected chi connectivity index (χ1v) is 5.89. The van der Waals surface area contributed by atoms with Gasteiger partial charge in [0.2, 0.25) is 0 Å². The van der Waals surface area contributed by atoms with Crippen LogP contribution in [0.4, 0.5) is 0 Å². The lowest BCUT2D eigenvalue weighted by Gasteiger charge is -2.55. The number of hydrogen-bond acceptors (Lipinski definition) is 3. The second kappa shape index (κ2) is 4.37. The van der Waals surface area contributed by atoms with Gasteiger partial charge in [0.05, 0.1) is 13.2 Å². The smallest absolute Gasteiger partial charge is 0.107 e. The first kappa shape index (κ1) is 11.9. The summed E-state index contributed by atoms with van der Waals surface area (Å²) in [5, 5.41) is 3.51. The molecule has 0 aliphatic carbocycles. The van der Waals surface area contributed by atoms with Crippen molar-refractivity contribution in [2.45, 2.75) is 26.8 Å². The van der Waals surface area contributed by atoms with Crippen LogP contribution in [0.15, 0.2) is 0 Å². The van der Waals surface area contributed by atoms with Gasteiger partial charge in [-0.3, -0.25) is 0 Å². The van der Waals surface area contributed by atoms with Gasteiger partial charge in [0, 0.05) is 18.0 Å². The van der Waals surface area contributed by atoms with E-state index in [9.17, 15) is 0 Å². The molecule has 1 atom stereocenters. The van der Waals surface area contributed by atoms with Crippen molar-refractivity contribution in [3.63, 3.8) is 0 Å². The molecule has 90 valence electrons. The summed E-state index contributed by atoms with van der Waals surface area (Å²) in [5.41, 5.74) is 0.367. The second-order valence-electron chi connectivity index (χ2n) is 5.88. The average Bonchev–Trinajstić information content (AvgIpc) is 2.25. The molecule has 0 bridgehead atoms. The lowest BCUT2D eigenvalue weighted by molar-refractivity contribution is -0.0995. The summed E-state index contributed by atoms with van der Waals surface area (Å²) in [4.78, 5) is 0. The van der Waals surface area contributed by atoms with Gasteiger partial charge in [0.1, 0.15) is 13.2 Å². The first-order valence-electron chi connectivity index (χ1n) is 5.89. The van der Waals surface area contributed by atoms with E-state index in [4.69, 9.17) is 9.47 Å². The van der Waals surface area contributed by atoms with Crippen molar-refractivity contribution in [2.75, 3.05) is 33.0 Å². The zero-order chi connectivity index (χ0) is 11.6. The molecule has 2 rings (SSSR count). The largest absolute Gasteiger partial charge is 0.368 e. The molecule has 2 aliphatic rings. The van der Waals surface area contributed by atoms with Crippen molar-refractivity contribution in [1.82, 2.24) is 5.32 Å². The van der Waals surface area contributed by atoms with Crippen LogP contribution in [0.1, 0.15) is 20.8 Å². The third-order valence-corrected chi connectivity index (χ3v) is 3.39. The predicted octanol–water partition coefficient (Wildman–Crippen LogP) is 1.04. The van der Waals surface area contributed by atoms with Crippen molar-refractivity contribution in [1.29, 1.82) is 0 Å². The number of nitrogens with one attached hydrogen (secondary N) is 1. The van der Waals surface area contributed by atoms with Crippen LogP contribution in [-0.4, -0.2) is 39.0 Å². The summed E-state index contributed by atoms with van der Waals surface area (Å²) in [6.45, 7) is 10.3. The van der Waals surface area contributed by atoms with Crippen LogP contribution in [0, 0.1) is 22.7 Å². The standard InChI is InChI=1S/C13H21NO2/c1-12(2,3)11-13(8-14-11)9-15-6-4-5-7-16-10-13/h11,14H,6-10H2,1-3H3. The molecule has 1 fully saturated rings. The van der Waals surface area contributed by atoms with Crippen molar-refractivity contribution < 1.29 is 9.47 Å². The molecule has 1 N–H and O–H groups in total. The van der Waals surface area contributed by atoms with Crippen molar-refractivity contribution in [2.24, 2.45) is 10.8 Å². The Hall–Kier alpha value is -0.560. The molecular formula is C13H21NO2. The Morgan fingerprint density at radius 2 is 1.69 bits per heavy atom. The minimum atomic E-state index is 0.131. The van der Waals surface area contributed by atoms with Gasteiger partial charge in [-0.15, -0.1) is 0 Å². The minimum Gasteiger partial charge on any atom is -0.368 e. The SMILES string of the molecule is CC(C)(C)C1NCC12COCC#CCOC2. The lowest BCUT2D eigenvalue weighted by Crippen LogP contribution is -2.71. The molecule has 2 aliphatic heterocycles. The fraction of sp³-hybridized carbons (Fsp3) is 0.846. The van der Waals surface area contributed by atoms with Crippen molar-refractivity contribution in [3.8, 4) is 11.8 Å². The zero-order valence-corrected chi connectivity index (χ0v) is 10.4. The highest BCUT2D eigenvalue weighted by molar-refractivity contribution is 5.08. The van der Waals surface area contributed by atoms with Crippen LogP contribution in [0.25, 0.3) is 0 Å². The van der Waals surface area contributed by atoms with Gasteiger partial charge in [-0.25, -0.2) is 0 Å². The fourth-order valence-corrected chi connectivity index (χ4v) is 2.74. The zero-order valence-electron chi connectivity index (χ0n) is 10.4. The van der Waals surface area contributed by atoms with E-state index in [1.807, 2.05) is 0 Å². The first-order chi connectivity index (χ1) is 7.55. The molecule has 3 nitrogen and oxygen atoms in total. The highest BCUT2D eigenvalue weighted by atomic mass is 16.5. The van der Waals surface area contributed by atoms with Gasteiger partial charge in [0.15, 0.2) is 0 Å². The van der Waals surface area contributed by atoms with Crippen molar-refractivity contribution >= 4 is 0 Å². The summed E-state index contributed by atoms with van der Waals surface area (Å²) in [7, 11) is 0. The van der Waals surface area contributed by atoms with E-state index >= 15 is 0 Å².